The summed E-state index contributed by atoms with van der Waals surface area (Å²) in [6, 6.07) is 1.99. The third-order valence-corrected chi connectivity index (χ3v) is 4.24. The number of fused-ring (bicyclic) bond motifs is 2. The smallest absolute Gasteiger partial charge is 0.255 e. The Hall–Kier alpha value is -1.90. The predicted molar refractivity (Wildman–Crippen MR) is 76.4 cm³/mol. The number of rotatable bonds is 1. The highest BCUT2D eigenvalue weighted by Crippen LogP contribution is 2.36. The Balaban J connectivity index is 1.83. The van der Waals surface area contributed by atoms with E-state index >= 15 is 0 Å². The van der Waals surface area contributed by atoms with Crippen LogP contribution in [0, 0.1) is 11.8 Å². The minimum absolute atomic E-state index is 0.0328. The van der Waals surface area contributed by atoms with Gasteiger partial charge in [-0.2, -0.15) is 0 Å². The van der Waals surface area contributed by atoms with Crippen molar-refractivity contribution in [3.8, 4) is 11.8 Å². The van der Waals surface area contributed by atoms with Crippen molar-refractivity contribution in [1.29, 1.82) is 0 Å². The quantitative estimate of drug-likeness (QED) is 0.740. The summed E-state index contributed by atoms with van der Waals surface area (Å²) in [6.45, 7) is -0.216. The van der Waals surface area contributed by atoms with Crippen LogP contribution in [-0.4, -0.2) is 50.8 Å². The molecule has 5 heteroatoms. The number of nitrogens with zero attached hydrogens (tertiary/aromatic N) is 2. The maximum atomic E-state index is 12.7. The van der Waals surface area contributed by atoms with Gasteiger partial charge in [0.25, 0.3) is 5.91 Å². The van der Waals surface area contributed by atoms with Crippen molar-refractivity contribution in [2.24, 2.45) is 0 Å². The van der Waals surface area contributed by atoms with Crippen LogP contribution in [0.25, 0.3) is 0 Å². The summed E-state index contributed by atoms with van der Waals surface area (Å²) in [6.07, 6.45) is 6.10. The molecule has 2 aliphatic rings. The molecule has 2 fully saturated rings. The van der Waals surface area contributed by atoms with Crippen LogP contribution < -0.4 is 0 Å². The second-order valence-electron chi connectivity index (χ2n) is 5.64. The molecular weight excluding hydrogens is 268 g/mol. The van der Waals surface area contributed by atoms with Crippen LogP contribution >= 0.6 is 0 Å². The molecule has 3 heterocycles. The highest BCUT2D eigenvalue weighted by Gasteiger charge is 2.42. The van der Waals surface area contributed by atoms with Crippen LogP contribution in [0.1, 0.15) is 41.6 Å². The van der Waals surface area contributed by atoms with E-state index in [1.807, 2.05) is 4.90 Å². The lowest BCUT2D eigenvalue weighted by Gasteiger charge is -2.37. The summed E-state index contributed by atoms with van der Waals surface area (Å²) in [4.78, 5) is 18.7. The number of aliphatic hydroxyl groups is 2. The van der Waals surface area contributed by atoms with E-state index in [0.717, 1.165) is 12.8 Å². The molecule has 0 saturated carbocycles. The maximum absolute atomic E-state index is 12.7. The number of aromatic nitrogens is 1. The van der Waals surface area contributed by atoms with Crippen LogP contribution in [0.2, 0.25) is 0 Å². The van der Waals surface area contributed by atoms with Crippen molar-refractivity contribution < 1.29 is 15.0 Å². The number of amides is 1. The van der Waals surface area contributed by atoms with E-state index in [2.05, 4.69) is 16.8 Å². The molecule has 0 aliphatic carbocycles. The van der Waals surface area contributed by atoms with Gasteiger partial charge in [0.15, 0.2) is 0 Å². The molecule has 0 spiro atoms. The number of hydrogen-bond acceptors (Lipinski definition) is 4. The number of hydrogen-bond donors (Lipinski definition) is 2. The average molecular weight is 286 g/mol. The Kier molecular flexibility index (Phi) is 3.91. The lowest BCUT2D eigenvalue weighted by molar-refractivity contribution is 0.0286. The fourth-order valence-corrected chi connectivity index (χ4v) is 3.40. The van der Waals surface area contributed by atoms with Gasteiger partial charge in [0.1, 0.15) is 6.61 Å². The first-order valence-electron chi connectivity index (χ1n) is 7.24. The minimum Gasteiger partial charge on any atom is -0.393 e. The zero-order valence-corrected chi connectivity index (χ0v) is 11.7. The molecule has 0 radical (unpaired) electrons. The largest absolute Gasteiger partial charge is 0.393 e. The zero-order valence-electron chi connectivity index (χ0n) is 11.7. The van der Waals surface area contributed by atoms with Crippen molar-refractivity contribution >= 4 is 5.91 Å². The molecule has 2 unspecified atom stereocenters. The van der Waals surface area contributed by atoms with Crippen LogP contribution in [0.3, 0.4) is 0 Å². The van der Waals surface area contributed by atoms with Crippen LogP contribution in [0.5, 0.6) is 0 Å². The van der Waals surface area contributed by atoms with Crippen LogP contribution in [0.15, 0.2) is 18.5 Å². The fourth-order valence-electron chi connectivity index (χ4n) is 3.40. The highest BCUT2D eigenvalue weighted by atomic mass is 16.3. The van der Waals surface area contributed by atoms with Gasteiger partial charge in [-0.1, -0.05) is 11.8 Å². The molecule has 1 aromatic heterocycles. The Morgan fingerprint density at radius 2 is 2.05 bits per heavy atom. The highest BCUT2D eigenvalue weighted by molar-refractivity contribution is 5.95. The van der Waals surface area contributed by atoms with Gasteiger partial charge in [-0.05, 0) is 31.7 Å². The summed E-state index contributed by atoms with van der Waals surface area (Å²) >= 11 is 0. The fraction of sp³-hybridized carbons (Fsp3) is 0.500. The Labute approximate surface area is 123 Å². The van der Waals surface area contributed by atoms with E-state index in [1.54, 1.807) is 18.5 Å². The average Bonchev–Trinajstić information content (AvgIpc) is 2.76. The summed E-state index contributed by atoms with van der Waals surface area (Å²) in [5, 5.41) is 18.5. The standard InChI is InChI=1S/C16H18N2O3/c19-5-1-2-11-6-12(10-17-9-11)16(21)18-13-3-4-14(18)8-15(20)7-13/h6,9-10,13-15,19-20H,3-5,7-8H2. The summed E-state index contributed by atoms with van der Waals surface area (Å²) < 4.78 is 0. The second kappa shape index (κ2) is 5.84. The van der Waals surface area contributed by atoms with Crippen molar-refractivity contribution in [1.82, 2.24) is 9.88 Å². The summed E-state index contributed by atoms with van der Waals surface area (Å²) in [5.74, 6) is 5.29. The minimum atomic E-state index is -0.286. The second-order valence-corrected chi connectivity index (χ2v) is 5.64. The molecule has 1 aromatic rings. The topological polar surface area (TPSA) is 73.7 Å². The van der Waals surface area contributed by atoms with Gasteiger partial charge in [0, 0.05) is 30.0 Å². The lowest BCUT2D eigenvalue weighted by atomic mass is 9.99. The Morgan fingerprint density at radius 1 is 1.33 bits per heavy atom. The number of piperidine rings is 1. The van der Waals surface area contributed by atoms with Crippen molar-refractivity contribution in [3.05, 3.63) is 29.6 Å². The van der Waals surface area contributed by atoms with Crippen molar-refractivity contribution in [2.75, 3.05) is 6.61 Å². The van der Waals surface area contributed by atoms with Gasteiger partial charge in [-0.15, -0.1) is 0 Å². The van der Waals surface area contributed by atoms with Gasteiger partial charge < -0.3 is 15.1 Å². The molecule has 21 heavy (non-hydrogen) atoms. The lowest BCUT2D eigenvalue weighted by Crippen LogP contribution is -2.48. The predicted octanol–water partition coefficient (Wildman–Crippen LogP) is 0.553. The van der Waals surface area contributed by atoms with Gasteiger partial charge in [-0.25, -0.2) is 0 Å². The third kappa shape index (κ3) is 2.78. The van der Waals surface area contributed by atoms with Crippen molar-refractivity contribution in [3.63, 3.8) is 0 Å². The van der Waals surface area contributed by atoms with Crippen LogP contribution in [-0.2, 0) is 0 Å². The molecule has 2 aliphatic heterocycles. The molecule has 0 aromatic carbocycles. The van der Waals surface area contributed by atoms with Gasteiger partial charge >= 0.3 is 0 Å². The van der Waals surface area contributed by atoms with Crippen LogP contribution in [0.4, 0.5) is 0 Å². The normalized spacial score (nSPS) is 27.1. The molecule has 2 atom stereocenters. The van der Waals surface area contributed by atoms with E-state index in [-0.39, 0.29) is 30.7 Å². The van der Waals surface area contributed by atoms with E-state index in [0.29, 0.717) is 24.0 Å². The monoisotopic (exact) mass is 286 g/mol. The van der Waals surface area contributed by atoms with Crippen molar-refractivity contribution in [2.45, 2.75) is 43.9 Å². The third-order valence-electron chi connectivity index (χ3n) is 4.24. The zero-order chi connectivity index (χ0) is 14.8. The van der Waals surface area contributed by atoms with E-state index < -0.39 is 0 Å². The first kappa shape index (κ1) is 14.1. The molecule has 2 saturated heterocycles. The Morgan fingerprint density at radius 3 is 2.71 bits per heavy atom. The van der Waals surface area contributed by atoms with Gasteiger partial charge in [-0.3, -0.25) is 9.78 Å². The number of pyridine rings is 1. The molecule has 3 rings (SSSR count). The summed E-state index contributed by atoms with van der Waals surface area (Å²) in [5.41, 5.74) is 1.15. The number of aliphatic hydroxyl groups excluding tert-OH is 2. The number of carbonyl (C=O) groups excluding carboxylic acids is 1. The van der Waals surface area contributed by atoms with E-state index in [4.69, 9.17) is 5.11 Å². The maximum Gasteiger partial charge on any atom is 0.255 e. The Bertz CT molecular complexity index is 591. The molecule has 5 nitrogen and oxygen atoms in total. The van der Waals surface area contributed by atoms with Gasteiger partial charge in [0.2, 0.25) is 0 Å². The first-order valence-corrected chi connectivity index (χ1v) is 7.24. The SMILES string of the molecule is O=C(c1cncc(C#CCO)c1)N1C2CCC1CC(O)C2. The number of carbonyl (C=O) groups is 1. The molecule has 2 N–H and O–H groups in total. The molecule has 110 valence electrons. The summed E-state index contributed by atoms with van der Waals surface area (Å²) in [7, 11) is 0. The van der Waals surface area contributed by atoms with Gasteiger partial charge in [0.05, 0.1) is 11.7 Å². The molecule has 2 bridgehead atoms. The first-order chi connectivity index (χ1) is 10.2. The molecular formula is C16H18N2O3. The van der Waals surface area contributed by atoms with E-state index in [1.165, 1.54) is 0 Å². The molecule has 1 amide bonds. The van der Waals surface area contributed by atoms with E-state index in [9.17, 15) is 9.90 Å².